The molecule has 8 heteroatoms. The summed E-state index contributed by atoms with van der Waals surface area (Å²) in [5.74, 6) is 0.506. The smallest absolute Gasteiger partial charge is 0.341 e. The maximum Gasteiger partial charge on any atom is 0.341 e. The van der Waals surface area contributed by atoms with Crippen LogP contribution in [0.25, 0.3) is 22.5 Å². The first kappa shape index (κ1) is 21.3. The second-order valence-corrected chi connectivity index (χ2v) is 7.58. The van der Waals surface area contributed by atoms with Gasteiger partial charge >= 0.3 is 5.97 Å². The molecule has 0 aliphatic heterocycles. The first-order valence-electron chi connectivity index (χ1n) is 9.84. The Balaban J connectivity index is 1.61. The fraction of sp³-hybridized carbons (Fsp3) is 0.125. The summed E-state index contributed by atoms with van der Waals surface area (Å²) in [6.45, 7) is 1.97. The van der Waals surface area contributed by atoms with Gasteiger partial charge in [0.1, 0.15) is 16.3 Å². The first-order valence-corrected chi connectivity index (χ1v) is 10.7. The predicted octanol–water partition coefficient (Wildman–Crippen LogP) is 5.51. The first-order chi connectivity index (χ1) is 15.6. The highest BCUT2D eigenvalue weighted by molar-refractivity contribution is 7.15. The van der Waals surface area contributed by atoms with Gasteiger partial charge in [0.05, 0.1) is 19.9 Å². The van der Waals surface area contributed by atoms with E-state index >= 15 is 0 Å². The average Bonchev–Trinajstić information content (AvgIpc) is 3.50. The van der Waals surface area contributed by atoms with Crippen LogP contribution in [0, 0.1) is 0 Å². The van der Waals surface area contributed by atoms with E-state index in [9.17, 15) is 9.59 Å². The van der Waals surface area contributed by atoms with Gasteiger partial charge in [-0.15, -0.1) is 11.3 Å². The number of aromatic nitrogens is 1. The van der Waals surface area contributed by atoms with E-state index in [1.807, 2.05) is 29.6 Å². The summed E-state index contributed by atoms with van der Waals surface area (Å²) in [5, 5.41) is 5.11. The number of hydrogen-bond acceptors (Lipinski definition) is 7. The number of esters is 1. The van der Waals surface area contributed by atoms with Gasteiger partial charge in [0.15, 0.2) is 12.2 Å². The number of anilines is 1. The molecule has 4 aromatic rings. The summed E-state index contributed by atoms with van der Waals surface area (Å²) >= 11 is 1.27. The maximum atomic E-state index is 12.9. The molecule has 0 atom stereocenters. The van der Waals surface area contributed by atoms with Gasteiger partial charge in [-0.1, -0.05) is 24.3 Å². The summed E-state index contributed by atoms with van der Waals surface area (Å²) in [4.78, 5) is 29.5. The van der Waals surface area contributed by atoms with Crippen molar-refractivity contribution >= 4 is 28.2 Å². The molecule has 0 bridgehead atoms. The largest absolute Gasteiger partial charge is 0.497 e. The van der Waals surface area contributed by atoms with E-state index in [-0.39, 0.29) is 12.5 Å². The van der Waals surface area contributed by atoms with E-state index < -0.39 is 5.97 Å². The number of amides is 1. The fourth-order valence-electron chi connectivity index (χ4n) is 3.16. The molecule has 2 heterocycles. The van der Waals surface area contributed by atoms with E-state index in [0.29, 0.717) is 33.2 Å². The number of carbonyl (C=O) groups excluding carboxylic acids is 2. The van der Waals surface area contributed by atoms with Gasteiger partial charge in [-0.25, -0.2) is 9.78 Å². The highest BCUT2D eigenvalue weighted by Crippen LogP contribution is 2.37. The standard InChI is InChI=1S/C24H20N2O5S/c1-3-30-24(28)21-19(15-8-10-18(29-2)11-9-15)13-32-23(21)26-22(27)17-6-4-16(5-7-17)20-12-25-14-31-20/h4-14H,3H2,1-2H3,(H,26,27). The number of oxazole rings is 1. The number of carbonyl (C=O) groups is 2. The minimum Gasteiger partial charge on any atom is -0.497 e. The SMILES string of the molecule is CCOC(=O)c1c(-c2ccc(OC)cc2)csc1NC(=O)c1ccc(-c2cnco2)cc1. The van der Waals surface area contributed by atoms with Crippen LogP contribution >= 0.6 is 11.3 Å². The van der Waals surface area contributed by atoms with Crippen LogP contribution in [0.3, 0.4) is 0 Å². The molecule has 0 radical (unpaired) electrons. The molecule has 7 nitrogen and oxygen atoms in total. The van der Waals surface area contributed by atoms with Crippen molar-refractivity contribution in [2.75, 3.05) is 19.0 Å². The normalized spacial score (nSPS) is 10.6. The van der Waals surface area contributed by atoms with Gasteiger partial charge < -0.3 is 19.2 Å². The quantitative estimate of drug-likeness (QED) is 0.375. The van der Waals surface area contributed by atoms with Gasteiger partial charge in [0.25, 0.3) is 5.91 Å². The van der Waals surface area contributed by atoms with E-state index in [1.54, 1.807) is 44.5 Å². The topological polar surface area (TPSA) is 90.7 Å². The summed E-state index contributed by atoms with van der Waals surface area (Å²) in [7, 11) is 1.59. The Morgan fingerprint density at radius 3 is 2.41 bits per heavy atom. The molecule has 0 aliphatic rings. The summed E-state index contributed by atoms with van der Waals surface area (Å²) in [5.41, 5.74) is 3.09. The Kier molecular flexibility index (Phi) is 6.32. The second-order valence-electron chi connectivity index (χ2n) is 6.70. The van der Waals surface area contributed by atoms with Gasteiger partial charge in [0, 0.05) is 22.1 Å². The van der Waals surface area contributed by atoms with Crippen LogP contribution in [0.5, 0.6) is 5.75 Å². The molecule has 0 saturated heterocycles. The third-order valence-corrected chi connectivity index (χ3v) is 5.66. The molecule has 2 aromatic heterocycles. The van der Waals surface area contributed by atoms with Crippen molar-refractivity contribution in [3.8, 4) is 28.2 Å². The summed E-state index contributed by atoms with van der Waals surface area (Å²) in [6.07, 6.45) is 2.96. The lowest BCUT2D eigenvalue weighted by Crippen LogP contribution is -2.14. The van der Waals surface area contributed by atoms with E-state index in [4.69, 9.17) is 13.9 Å². The third kappa shape index (κ3) is 4.40. The lowest BCUT2D eigenvalue weighted by atomic mass is 10.0. The summed E-state index contributed by atoms with van der Waals surface area (Å²) < 4.78 is 15.7. The Hall–Kier alpha value is -3.91. The summed E-state index contributed by atoms with van der Waals surface area (Å²) in [6, 6.07) is 14.3. The van der Waals surface area contributed by atoms with E-state index in [2.05, 4.69) is 10.3 Å². The van der Waals surface area contributed by atoms with Crippen LogP contribution in [0.2, 0.25) is 0 Å². The number of nitrogens with one attached hydrogen (secondary N) is 1. The lowest BCUT2D eigenvalue weighted by molar-refractivity contribution is 0.0529. The van der Waals surface area contributed by atoms with Crippen molar-refractivity contribution in [1.29, 1.82) is 0 Å². The zero-order valence-electron chi connectivity index (χ0n) is 17.5. The van der Waals surface area contributed by atoms with Crippen molar-refractivity contribution in [3.63, 3.8) is 0 Å². The van der Waals surface area contributed by atoms with Crippen LogP contribution in [-0.4, -0.2) is 30.6 Å². The van der Waals surface area contributed by atoms with E-state index in [0.717, 1.165) is 11.1 Å². The number of benzene rings is 2. The van der Waals surface area contributed by atoms with Gasteiger partial charge in [-0.05, 0) is 36.8 Å². The molecule has 162 valence electrons. The van der Waals surface area contributed by atoms with Crippen molar-refractivity contribution in [2.45, 2.75) is 6.92 Å². The number of hydrogen-bond donors (Lipinski definition) is 1. The molecule has 0 unspecified atom stereocenters. The maximum absolute atomic E-state index is 12.9. The van der Waals surface area contributed by atoms with Crippen molar-refractivity contribution < 1.29 is 23.5 Å². The molecule has 2 aromatic carbocycles. The van der Waals surface area contributed by atoms with Crippen LogP contribution in [0.4, 0.5) is 5.00 Å². The fourth-order valence-corrected chi connectivity index (χ4v) is 4.11. The van der Waals surface area contributed by atoms with Crippen molar-refractivity contribution in [3.05, 3.63) is 77.6 Å². The minimum absolute atomic E-state index is 0.229. The van der Waals surface area contributed by atoms with Crippen molar-refractivity contribution in [2.24, 2.45) is 0 Å². The molecule has 1 amide bonds. The van der Waals surface area contributed by atoms with Crippen LogP contribution in [0.15, 0.2) is 70.9 Å². The molecule has 4 rings (SSSR count). The molecule has 1 N–H and O–H groups in total. The Morgan fingerprint density at radius 1 is 1.06 bits per heavy atom. The number of methoxy groups -OCH3 is 1. The molecule has 0 spiro atoms. The molecule has 0 saturated carbocycles. The zero-order chi connectivity index (χ0) is 22.5. The highest BCUT2D eigenvalue weighted by Gasteiger charge is 2.23. The predicted molar refractivity (Wildman–Crippen MR) is 122 cm³/mol. The van der Waals surface area contributed by atoms with Gasteiger partial charge in [-0.2, -0.15) is 0 Å². The van der Waals surface area contributed by atoms with Crippen LogP contribution < -0.4 is 10.1 Å². The third-order valence-electron chi connectivity index (χ3n) is 4.76. The zero-order valence-corrected chi connectivity index (χ0v) is 18.3. The number of nitrogens with zero attached hydrogens (tertiary/aromatic N) is 1. The Labute approximate surface area is 188 Å². The number of ether oxygens (including phenoxy) is 2. The average molecular weight is 449 g/mol. The van der Waals surface area contributed by atoms with Crippen LogP contribution in [-0.2, 0) is 4.74 Å². The Bertz CT molecular complexity index is 1210. The molecular formula is C24H20N2O5S. The highest BCUT2D eigenvalue weighted by atomic mass is 32.1. The van der Waals surface area contributed by atoms with Crippen molar-refractivity contribution in [1.82, 2.24) is 4.98 Å². The van der Waals surface area contributed by atoms with Gasteiger partial charge in [-0.3, -0.25) is 4.79 Å². The minimum atomic E-state index is -0.490. The Morgan fingerprint density at radius 2 is 1.78 bits per heavy atom. The second kappa shape index (κ2) is 9.49. The number of thiophene rings is 1. The molecule has 32 heavy (non-hydrogen) atoms. The van der Waals surface area contributed by atoms with E-state index in [1.165, 1.54) is 17.7 Å². The lowest BCUT2D eigenvalue weighted by Gasteiger charge is -2.09. The van der Waals surface area contributed by atoms with Crippen LogP contribution in [0.1, 0.15) is 27.6 Å². The molecular weight excluding hydrogens is 428 g/mol. The number of rotatable bonds is 7. The molecule has 0 aliphatic carbocycles. The van der Waals surface area contributed by atoms with Gasteiger partial charge in [0.2, 0.25) is 0 Å². The monoisotopic (exact) mass is 448 g/mol. The molecule has 0 fully saturated rings.